The van der Waals surface area contributed by atoms with Gasteiger partial charge in [-0.25, -0.2) is 8.42 Å². The first-order valence-corrected chi connectivity index (χ1v) is 11.2. The molecule has 6 heteroatoms. The van der Waals surface area contributed by atoms with Gasteiger partial charge in [0, 0.05) is 0 Å². The highest BCUT2D eigenvalue weighted by Gasteiger charge is 2.27. The maximum Gasteiger partial charge on any atom is 0.264 e. The zero-order valence-corrected chi connectivity index (χ0v) is 18.2. The van der Waals surface area contributed by atoms with Crippen molar-refractivity contribution in [3.63, 3.8) is 0 Å². The van der Waals surface area contributed by atoms with Crippen LogP contribution in [0.25, 0.3) is 0 Å². The van der Waals surface area contributed by atoms with Gasteiger partial charge in [-0.05, 0) is 61.7 Å². The Bertz CT molecular complexity index is 1110. The van der Waals surface area contributed by atoms with E-state index in [4.69, 9.17) is 0 Å². The number of nitrogens with zero attached hydrogens (tertiary/aromatic N) is 1. The van der Waals surface area contributed by atoms with E-state index < -0.39 is 10.0 Å². The molecular weight excluding hydrogens is 396 g/mol. The van der Waals surface area contributed by atoms with E-state index in [9.17, 15) is 13.2 Å². The number of rotatable bonds is 7. The Morgan fingerprint density at radius 2 is 1.50 bits per heavy atom. The smallest absolute Gasteiger partial charge is 0.264 e. The van der Waals surface area contributed by atoms with Gasteiger partial charge in [-0.2, -0.15) is 0 Å². The van der Waals surface area contributed by atoms with E-state index in [1.807, 2.05) is 39.0 Å². The first-order valence-electron chi connectivity index (χ1n) is 9.78. The van der Waals surface area contributed by atoms with Crippen molar-refractivity contribution < 1.29 is 13.2 Å². The fraction of sp³-hybridized carbons (Fsp3) is 0.208. The fourth-order valence-corrected chi connectivity index (χ4v) is 4.61. The van der Waals surface area contributed by atoms with Crippen molar-refractivity contribution in [3.05, 3.63) is 95.6 Å². The van der Waals surface area contributed by atoms with Crippen LogP contribution in [0.3, 0.4) is 0 Å². The van der Waals surface area contributed by atoms with Crippen LogP contribution in [0, 0.1) is 13.8 Å². The summed E-state index contributed by atoms with van der Waals surface area (Å²) in [7, 11) is -3.89. The van der Waals surface area contributed by atoms with Crippen LogP contribution in [0.2, 0.25) is 0 Å². The van der Waals surface area contributed by atoms with Crippen molar-refractivity contribution in [1.82, 2.24) is 5.32 Å². The molecule has 3 aromatic carbocycles. The summed E-state index contributed by atoms with van der Waals surface area (Å²) in [6, 6.07) is 22.6. The Kier molecular flexibility index (Phi) is 6.57. The van der Waals surface area contributed by atoms with Crippen molar-refractivity contribution in [2.75, 3.05) is 10.8 Å². The molecule has 156 valence electrons. The molecule has 0 spiro atoms. The van der Waals surface area contributed by atoms with Gasteiger partial charge in [0.25, 0.3) is 10.0 Å². The van der Waals surface area contributed by atoms with E-state index in [1.54, 1.807) is 48.5 Å². The summed E-state index contributed by atoms with van der Waals surface area (Å²) in [5, 5.41) is 2.92. The van der Waals surface area contributed by atoms with Gasteiger partial charge in [-0.1, -0.05) is 54.6 Å². The first-order chi connectivity index (χ1) is 14.3. The van der Waals surface area contributed by atoms with Gasteiger partial charge in [0.15, 0.2) is 0 Å². The van der Waals surface area contributed by atoms with Gasteiger partial charge < -0.3 is 5.32 Å². The average Bonchev–Trinajstić information content (AvgIpc) is 2.75. The highest BCUT2D eigenvalue weighted by molar-refractivity contribution is 7.92. The minimum atomic E-state index is -3.89. The molecule has 0 fully saturated rings. The first kappa shape index (κ1) is 21.6. The highest BCUT2D eigenvalue weighted by atomic mass is 32.2. The number of aryl methyl sites for hydroxylation is 2. The van der Waals surface area contributed by atoms with Crippen molar-refractivity contribution in [3.8, 4) is 0 Å². The van der Waals surface area contributed by atoms with E-state index in [-0.39, 0.29) is 23.4 Å². The van der Waals surface area contributed by atoms with Crippen LogP contribution in [0.4, 0.5) is 5.69 Å². The SMILES string of the molecule is Cc1ccc([C@H](C)NC(=O)CN(c2ccccc2)S(=O)(=O)c2ccccc2)cc1C. The van der Waals surface area contributed by atoms with Crippen molar-refractivity contribution in [2.45, 2.75) is 31.7 Å². The number of amides is 1. The fourth-order valence-electron chi connectivity index (χ4n) is 3.16. The van der Waals surface area contributed by atoms with Crippen LogP contribution < -0.4 is 9.62 Å². The Labute approximate surface area is 178 Å². The normalized spacial score (nSPS) is 12.2. The molecule has 0 radical (unpaired) electrons. The minimum absolute atomic E-state index is 0.142. The molecule has 30 heavy (non-hydrogen) atoms. The Morgan fingerprint density at radius 3 is 2.10 bits per heavy atom. The molecule has 0 aliphatic rings. The predicted molar refractivity (Wildman–Crippen MR) is 120 cm³/mol. The molecule has 5 nitrogen and oxygen atoms in total. The highest BCUT2D eigenvalue weighted by Crippen LogP contribution is 2.23. The lowest BCUT2D eigenvalue weighted by molar-refractivity contribution is -0.120. The second-order valence-electron chi connectivity index (χ2n) is 7.29. The number of hydrogen-bond donors (Lipinski definition) is 1. The molecule has 0 heterocycles. The quantitative estimate of drug-likeness (QED) is 0.615. The van der Waals surface area contributed by atoms with Gasteiger partial charge in [0.1, 0.15) is 6.54 Å². The number of carbonyl (C=O) groups is 1. The molecule has 0 aliphatic carbocycles. The summed E-state index contributed by atoms with van der Waals surface area (Å²) < 4.78 is 27.6. The molecule has 0 saturated heterocycles. The van der Waals surface area contributed by atoms with Crippen LogP contribution in [-0.4, -0.2) is 20.9 Å². The Hall–Kier alpha value is -3.12. The summed E-state index contributed by atoms with van der Waals surface area (Å²) in [5.74, 6) is -0.371. The van der Waals surface area contributed by atoms with Gasteiger partial charge in [0.05, 0.1) is 16.6 Å². The molecule has 0 unspecified atom stereocenters. The molecule has 3 rings (SSSR count). The van der Waals surface area contributed by atoms with E-state index in [0.29, 0.717) is 5.69 Å². The number of hydrogen-bond acceptors (Lipinski definition) is 3. The van der Waals surface area contributed by atoms with Crippen LogP contribution >= 0.6 is 0 Å². The van der Waals surface area contributed by atoms with Crippen molar-refractivity contribution >= 4 is 21.6 Å². The third kappa shape index (κ3) is 4.89. The summed E-state index contributed by atoms with van der Waals surface area (Å²) >= 11 is 0. The molecule has 3 aromatic rings. The molecule has 0 aliphatic heterocycles. The molecular formula is C24H26N2O3S. The number of carbonyl (C=O) groups excluding carboxylic acids is 1. The molecule has 1 N–H and O–H groups in total. The third-order valence-corrected chi connectivity index (χ3v) is 6.86. The van der Waals surface area contributed by atoms with Crippen molar-refractivity contribution in [2.24, 2.45) is 0 Å². The molecule has 0 saturated carbocycles. The van der Waals surface area contributed by atoms with Crippen LogP contribution in [-0.2, 0) is 14.8 Å². The van der Waals surface area contributed by atoms with Crippen LogP contribution in [0.1, 0.15) is 29.7 Å². The summed E-state index contributed by atoms with van der Waals surface area (Å²) in [6.07, 6.45) is 0. The summed E-state index contributed by atoms with van der Waals surface area (Å²) in [4.78, 5) is 13.0. The maximum absolute atomic E-state index is 13.3. The summed E-state index contributed by atoms with van der Waals surface area (Å²) in [5.41, 5.74) is 3.74. The number of para-hydroxylation sites is 1. The lowest BCUT2D eigenvalue weighted by Crippen LogP contribution is -2.41. The van der Waals surface area contributed by atoms with E-state index in [2.05, 4.69) is 5.32 Å². The van der Waals surface area contributed by atoms with Crippen LogP contribution in [0.15, 0.2) is 83.8 Å². The Morgan fingerprint density at radius 1 is 0.900 bits per heavy atom. The number of nitrogens with one attached hydrogen (secondary N) is 1. The molecule has 0 aromatic heterocycles. The average molecular weight is 423 g/mol. The van der Waals surface area contributed by atoms with Crippen molar-refractivity contribution in [1.29, 1.82) is 0 Å². The number of sulfonamides is 1. The largest absolute Gasteiger partial charge is 0.348 e. The van der Waals surface area contributed by atoms with Gasteiger partial charge in [-0.3, -0.25) is 9.10 Å². The topological polar surface area (TPSA) is 66.5 Å². The van der Waals surface area contributed by atoms with E-state index in [0.717, 1.165) is 15.4 Å². The van der Waals surface area contributed by atoms with Gasteiger partial charge >= 0.3 is 0 Å². The molecule has 1 amide bonds. The zero-order chi connectivity index (χ0) is 21.7. The minimum Gasteiger partial charge on any atom is -0.348 e. The second-order valence-corrected chi connectivity index (χ2v) is 9.16. The monoisotopic (exact) mass is 422 g/mol. The van der Waals surface area contributed by atoms with E-state index in [1.165, 1.54) is 17.7 Å². The number of benzene rings is 3. The predicted octanol–water partition coefficient (Wildman–Crippen LogP) is 4.38. The second kappa shape index (κ2) is 9.13. The Balaban J connectivity index is 1.84. The van der Waals surface area contributed by atoms with E-state index >= 15 is 0 Å². The maximum atomic E-state index is 13.3. The summed E-state index contributed by atoms with van der Waals surface area (Å²) in [6.45, 7) is 5.64. The van der Waals surface area contributed by atoms with Gasteiger partial charge in [0.2, 0.25) is 5.91 Å². The van der Waals surface area contributed by atoms with Gasteiger partial charge in [-0.15, -0.1) is 0 Å². The zero-order valence-electron chi connectivity index (χ0n) is 17.4. The lowest BCUT2D eigenvalue weighted by Gasteiger charge is -2.25. The standard InChI is InChI=1S/C24H26N2O3S/c1-18-14-15-21(16-19(18)2)20(3)25-24(27)17-26(22-10-6-4-7-11-22)30(28,29)23-12-8-5-9-13-23/h4-16,20H,17H2,1-3H3,(H,25,27)/t20-/m0/s1. The molecule has 1 atom stereocenters. The third-order valence-electron chi connectivity index (χ3n) is 5.07. The molecule has 0 bridgehead atoms. The number of anilines is 1. The lowest BCUT2D eigenvalue weighted by atomic mass is 10.0. The van der Waals surface area contributed by atoms with Crippen LogP contribution in [0.5, 0.6) is 0 Å².